The Balaban J connectivity index is 1.64. The number of halogens is 1. The lowest BCUT2D eigenvalue weighted by Crippen LogP contribution is -2.27. The molecule has 2 aromatic carbocycles. The third-order valence-electron chi connectivity index (χ3n) is 5.20. The number of benzene rings is 2. The fraction of sp³-hybridized carbons (Fsp3) is 0.217. The lowest BCUT2D eigenvalue weighted by atomic mass is 10.2. The number of aryl methyl sites for hydroxylation is 1. The summed E-state index contributed by atoms with van der Waals surface area (Å²) in [6.45, 7) is 2.20. The van der Waals surface area contributed by atoms with E-state index in [0.717, 1.165) is 6.42 Å². The molecule has 1 fully saturated rings. The Morgan fingerprint density at radius 1 is 1.12 bits per heavy atom. The molecule has 3 aromatic rings. The summed E-state index contributed by atoms with van der Waals surface area (Å²) in [6, 6.07) is 12.0. The van der Waals surface area contributed by atoms with Crippen LogP contribution in [0.15, 0.2) is 53.3 Å². The summed E-state index contributed by atoms with van der Waals surface area (Å²) >= 11 is 0. The minimum Gasteiger partial charge on any atom is -0.494 e. The van der Waals surface area contributed by atoms with Gasteiger partial charge in [-0.2, -0.15) is 5.10 Å². The maximum atomic E-state index is 14.2. The molecule has 0 saturated carbocycles. The van der Waals surface area contributed by atoms with Gasteiger partial charge in [-0.25, -0.2) is 9.07 Å². The Hall–Kier alpha value is -4.01. The van der Waals surface area contributed by atoms with Crippen molar-refractivity contribution in [3.05, 3.63) is 76.0 Å². The molecule has 2 amide bonds. The molecule has 32 heavy (non-hydrogen) atoms. The van der Waals surface area contributed by atoms with Crippen LogP contribution in [0, 0.1) is 12.7 Å². The Morgan fingerprint density at radius 3 is 2.59 bits per heavy atom. The molecule has 4 rings (SSSR count). The van der Waals surface area contributed by atoms with Crippen LogP contribution in [0.1, 0.15) is 29.0 Å². The first kappa shape index (κ1) is 21.2. The van der Waals surface area contributed by atoms with Gasteiger partial charge >= 0.3 is 0 Å². The first-order valence-electron chi connectivity index (χ1n) is 10.0. The van der Waals surface area contributed by atoms with Gasteiger partial charge in [-0.05, 0) is 37.6 Å². The van der Waals surface area contributed by atoms with Gasteiger partial charge in [-0.3, -0.25) is 14.4 Å². The van der Waals surface area contributed by atoms with Gasteiger partial charge in [0.15, 0.2) is 5.69 Å². The van der Waals surface area contributed by atoms with E-state index < -0.39 is 17.2 Å². The Bertz CT molecular complexity index is 1270. The second-order valence-corrected chi connectivity index (χ2v) is 7.35. The summed E-state index contributed by atoms with van der Waals surface area (Å²) in [4.78, 5) is 38.9. The fourth-order valence-corrected chi connectivity index (χ4v) is 3.64. The highest BCUT2D eigenvalue weighted by Gasteiger charge is 2.25. The highest BCUT2D eigenvalue weighted by molar-refractivity contribution is 6.03. The quantitative estimate of drug-likeness (QED) is 0.664. The van der Waals surface area contributed by atoms with Crippen molar-refractivity contribution in [3.63, 3.8) is 0 Å². The van der Waals surface area contributed by atoms with E-state index in [4.69, 9.17) is 4.74 Å². The number of amides is 2. The largest absolute Gasteiger partial charge is 0.494 e. The number of rotatable bonds is 5. The zero-order valence-corrected chi connectivity index (χ0v) is 17.6. The van der Waals surface area contributed by atoms with E-state index in [1.165, 1.54) is 36.1 Å². The van der Waals surface area contributed by atoms with Gasteiger partial charge in [0.25, 0.3) is 5.91 Å². The molecule has 0 spiro atoms. The average molecular weight is 436 g/mol. The van der Waals surface area contributed by atoms with Crippen LogP contribution >= 0.6 is 0 Å². The molecule has 9 heteroatoms. The maximum Gasteiger partial charge on any atom is 0.280 e. The van der Waals surface area contributed by atoms with Crippen LogP contribution in [-0.4, -0.2) is 35.2 Å². The molecule has 0 unspecified atom stereocenters. The normalized spacial score (nSPS) is 13.3. The van der Waals surface area contributed by atoms with Crippen molar-refractivity contribution in [3.8, 4) is 11.4 Å². The average Bonchev–Trinajstić information content (AvgIpc) is 3.20. The van der Waals surface area contributed by atoms with Crippen molar-refractivity contribution >= 4 is 23.2 Å². The number of ether oxygens (including phenoxy) is 1. The van der Waals surface area contributed by atoms with Gasteiger partial charge in [0.05, 0.1) is 12.8 Å². The van der Waals surface area contributed by atoms with Crippen LogP contribution in [0.4, 0.5) is 15.8 Å². The predicted octanol–water partition coefficient (Wildman–Crippen LogP) is 3.07. The molecule has 1 N–H and O–H groups in total. The first-order valence-corrected chi connectivity index (χ1v) is 10.0. The zero-order chi connectivity index (χ0) is 22.8. The summed E-state index contributed by atoms with van der Waals surface area (Å²) < 4.78 is 20.8. The minimum absolute atomic E-state index is 0.0117. The summed E-state index contributed by atoms with van der Waals surface area (Å²) in [5.74, 6) is -0.849. The van der Waals surface area contributed by atoms with Gasteiger partial charge in [-0.15, -0.1) is 0 Å². The lowest BCUT2D eigenvalue weighted by Gasteiger charge is -2.19. The van der Waals surface area contributed by atoms with Crippen molar-refractivity contribution in [1.82, 2.24) is 9.78 Å². The van der Waals surface area contributed by atoms with E-state index in [0.29, 0.717) is 35.8 Å². The van der Waals surface area contributed by atoms with Crippen molar-refractivity contribution < 1.29 is 18.7 Å². The molecule has 0 atom stereocenters. The summed E-state index contributed by atoms with van der Waals surface area (Å²) in [5.41, 5.74) is 0.526. The Kier molecular flexibility index (Phi) is 5.72. The second-order valence-electron chi connectivity index (χ2n) is 7.35. The monoisotopic (exact) mass is 436 g/mol. The number of carbonyl (C=O) groups excluding carboxylic acids is 2. The lowest BCUT2D eigenvalue weighted by molar-refractivity contribution is -0.117. The predicted molar refractivity (Wildman–Crippen MR) is 117 cm³/mol. The third kappa shape index (κ3) is 3.96. The van der Waals surface area contributed by atoms with Gasteiger partial charge in [0.1, 0.15) is 17.3 Å². The molecule has 164 valence electrons. The van der Waals surface area contributed by atoms with E-state index in [1.807, 2.05) is 0 Å². The molecule has 1 aliphatic heterocycles. The molecule has 0 radical (unpaired) electrons. The number of hydrogen-bond donors (Lipinski definition) is 1. The number of methoxy groups -OCH3 is 1. The summed E-state index contributed by atoms with van der Waals surface area (Å²) in [5, 5.41) is 6.72. The van der Waals surface area contributed by atoms with E-state index >= 15 is 0 Å². The van der Waals surface area contributed by atoms with E-state index in [2.05, 4.69) is 10.4 Å². The van der Waals surface area contributed by atoms with Crippen LogP contribution in [0.2, 0.25) is 0 Å². The van der Waals surface area contributed by atoms with Crippen LogP contribution in [0.25, 0.3) is 5.69 Å². The Morgan fingerprint density at radius 2 is 1.91 bits per heavy atom. The van der Waals surface area contributed by atoms with Crippen LogP contribution in [0.3, 0.4) is 0 Å². The molecule has 1 aromatic heterocycles. The van der Waals surface area contributed by atoms with Crippen molar-refractivity contribution in [2.45, 2.75) is 19.8 Å². The number of aromatic nitrogens is 2. The highest BCUT2D eigenvalue weighted by Crippen LogP contribution is 2.33. The van der Waals surface area contributed by atoms with Gasteiger partial charge in [-0.1, -0.05) is 12.1 Å². The minimum atomic E-state index is -0.743. The standard InChI is InChI=1S/C23H21FN4O4/c1-14-12-19(29)22(26-28(14)17-7-4-3-6-16(17)24)23(31)25-15-9-10-18(20(13-15)32-2)27-11-5-8-21(27)30/h3-4,6-7,9-10,12-13H,5,8,11H2,1-2H3,(H,25,31). The smallest absolute Gasteiger partial charge is 0.280 e. The number of carbonyl (C=O) groups is 2. The number of nitrogens with zero attached hydrogens (tertiary/aromatic N) is 3. The molecular weight excluding hydrogens is 415 g/mol. The number of anilines is 2. The van der Waals surface area contributed by atoms with Gasteiger partial charge < -0.3 is 15.0 Å². The van der Waals surface area contributed by atoms with Gasteiger partial charge in [0, 0.05) is 36.5 Å². The topological polar surface area (TPSA) is 93.5 Å². The molecular formula is C23H21FN4O4. The molecule has 1 aliphatic rings. The van der Waals surface area contributed by atoms with Crippen LogP contribution in [-0.2, 0) is 4.79 Å². The number of hydrogen-bond acceptors (Lipinski definition) is 5. The van der Waals surface area contributed by atoms with Crippen molar-refractivity contribution in [2.24, 2.45) is 0 Å². The molecule has 2 heterocycles. The molecule has 8 nitrogen and oxygen atoms in total. The van der Waals surface area contributed by atoms with Gasteiger partial charge in [0.2, 0.25) is 11.3 Å². The number of nitrogens with one attached hydrogen (secondary N) is 1. The maximum absolute atomic E-state index is 14.2. The Labute approximate surface area is 183 Å². The third-order valence-corrected chi connectivity index (χ3v) is 5.20. The van der Waals surface area contributed by atoms with Crippen LogP contribution < -0.4 is 20.4 Å². The molecule has 0 bridgehead atoms. The van der Waals surface area contributed by atoms with E-state index in [-0.39, 0.29) is 17.3 Å². The summed E-state index contributed by atoms with van der Waals surface area (Å²) in [7, 11) is 1.47. The second kappa shape index (κ2) is 8.62. The zero-order valence-electron chi connectivity index (χ0n) is 17.6. The highest BCUT2D eigenvalue weighted by atomic mass is 19.1. The SMILES string of the molecule is COc1cc(NC(=O)c2nn(-c3ccccc3F)c(C)cc2=O)ccc1N1CCCC1=O. The molecule has 1 saturated heterocycles. The first-order chi connectivity index (χ1) is 15.4. The summed E-state index contributed by atoms with van der Waals surface area (Å²) in [6.07, 6.45) is 1.25. The molecule has 0 aliphatic carbocycles. The van der Waals surface area contributed by atoms with Crippen molar-refractivity contribution in [2.75, 3.05) is 23.9 Å². The van der Waals surface area contributed by atoms with Crippen molar-refractivity contribution in [1.29, 1.82) is 0 Å². The number of para-hydroxylation sites is 1. The van der Waals surface area contributed by atoms with E-state index in [9.17, 15) is 18.8 Å². The van der Waals surface area contributed by atoms with E-state index in [1.54, 1.807) is 36.1 Å². The van der Waals surface area contributed by atoms with Crippen LogP contribution in [0.5, 0.6) is 5.75 Å². The fourth-order valence-electron chi connectivity index (χ4n) is 3.64.